The van der Waals surface area contributed by atoms with Crippen LogP contribution in [0.25, 0.3) is 0 Å². The highest BCUT2D eigenvalue weighted by Gasteiger charge is 2.25. The van der Waals surface area contributed by atoms with Gasteiger partial charge in [-0.05, 0) is 62.3 Å². The minimum Gasteiger partial charge on any atom is -0.494 e. The molecular weight excluding hydrogens is 222 g/mol. The minimum atomic E-state index is 0.646. The van der Waals surface area contributed by atoms with Gasteiger partial charge in [-0.25, -0.2) is 0 Å². The van der Waals surface area contributed by atoms with Crippen molar-refractivity contribution in [1.82, 2.24) is 0 Å². The van der Waals surface area contributed by atoms with Crippen LogP contribution in [-0.4, -0.2) is 13.2 Å². The molecule has 100 valence electrons. The van der Waals surface area contributed by atoms with Crippen molar-refractivity contribution < 1.29 is 4.74 Å². The van der Waals surface area contributed by atoms with Crippen LogP contribution in [0.4, 0.5) is 0 Å². The molecule has 0 bridgehead atoms. The van der Waals surface area contributed by atoms with Crippen molar-refractivity contribution in [3.63, 3.8) is 0 Å². The van der Waals surface area contributed by atoms with Crippen molar-refractivity contribution >= 4 is 0 Å². The summed E-state index contributed by atoms with van der Waals surface area (Å²) in [5, 5.41) is 0. The van der Waals surface area contributed by atoms with Crippen molar-refractivity contribution in [3.05, 3.63) is 29.8 Å². The third kappa shape index (κ3) is 3.26. The molecule has 0 spiro atoms. The van der Waals surface area contributed by atoms with Crippen LogP contribution in [0.5, 0.6) is 5.75 Å². The summed E-state index contributed by atoms with van der Waals surface area (Å²) in [5.74, 6) is 2.46. The van der Waals surface area contributed by atoms with Crippen molar-refractivity contribution in [2.24, 2.45) is 11.7 Å². The molecule has 0 radical (unpaired) electrons. The van der Waals surface area contributed by atoms with Crippen LogP contribution >= 0.6 is 0 Å². The van der Waals surface area contributed by atoms with Crippen LogP contribution in [0.1, 0.15) is 50.5 Å². The number of hydrogen-bond acceptors (Lipinski definition) is 2. The first kappa shape index (κ1) is 13.4. The Balaban J connectivity index is 2.09. The molecule has 2 rings (SSSR count). The Morgan fingerprint density at radius 2 is 1.89 bits per heavy atom. The molecule has 2 heteroatoms. The van der Waals surface area contributed by atoms with Gasteiger partial charge in [0.25, 0.3) is 0 Å². The molecule has 1 unspecified atom stereocenters. The van der Waals surface area contributed by atoms with E-state index >= 15 is 0 Å². The summed E-state index contributed by atoms with van der Waals surface area (Å²) in [6.45, 7) is 3.53. The molecule has 1 aliphatic carbocycles. The lowest BCUT2D eigenvalue weighted by atomic mass is 9.82. The predicted octanol–water partition coefficient (Wildman–Crippen LogP) is 3.71. The van der Waals surface area contributed by atoms with E-state index in [1.165, 1.54) is 31.2 Å². The fourth-order valence-electron chi connectivity index (χ4n) is 3.19. The van der Waals surface area contributed by atoms with E-state index in [2.05, 4.69) is 24.3 Å². The molecule has 2 N–H and O–H groups in total. The van der Waals surface area contributed by atoms with Gasteiger partial charge in [-0.3, -0.25) is 0 Å². The topological polar surface area (TPSA) is 35.2 Å². The van der Waals surface area contributed by atoms with Crippen molar-refractivity contribution in [2.75, 3.05) is 13.2 Å². The van der Waals surface area contributed by atoms with Gasteiger partial charge in [0, 0.05) is 0 Å². The second kappa shape index (κ2) is 6.79. The Morgan fingerprint density at radius 3 is 2.44 bits per heavy atom. The van der Waals surface area contributed by atoms with E-state index in [4.69, 9.17) is 10.5 Å². The van der Waals surface area contributed by atoms with E-state index in [1.807, 2.05) is 6.92 Å². The number of nitrogens with two attached hydrogens (primary N) is 1. The molecule has 1 aromatic carbocycles. The van der Waals surface area contributed by atoms with Gasteiger partial charge in [0.05, 0.1) is 6.61 Å². The van der Waals surface area contributed by atoms with Gasteiger partial charge in [0.1, 0.15) is 5.75 Å². The highest BCUT2D eigenvalue weighted by atomic mass is 16.5. The smallest absolute Gasteiger partial charge is 0.119 e. The summed E-state index contributed by atoms with van der Waals surface area (Å²) < 4.78 is 5.50. The standard InChI is InChI=1S/C16H25NO/c1-2-18-15-9-7-14(8-10-15)16(11-12-17)13-5-3-4-6-13/h7-10,13,16H,2-6,11-12,17H2,1H3. The summed E-state index contributed by atoms with van der Waals surface area (Å²) in [6.07, 6.45) is 6.64. The zero-order valence-corrected chi connectivity index (χ0v) is 11.4. The van der Waals surface area contributed by atoms with Gasteiger partial charge in [0.2, 0.25) is 0 Å². The zero-order chi connectivity index (χ0) is 12.8. The highest BCUT2D eigenvalue weighted by Crippen LogP contribution is 2.39. The molecule has 1 fully saturated rings. The maximum atomic E-state index is 5.79. The van der Waals surface area contributed by atoms with Crippen molar-refractivity contribution in [1.29, 1.82) is 0 Å². The third-order valence-corrected chi connectivity index (χ3v) is 4.07. The number of ether oxygens (including phenoxy) is 1. The Labute approximate surface area is 111 Å². The Hall–Kier alpha value is -1.02. The molecule has 0 amide bonds. The first-order chi connectivity index (χ1) is 8.85. The van der Waals surface area contributed by atoms with E-state index in [0.717, 1.165) is 31.2 Å². The second-order valence-corrected chi connectivity index (χ2v) is 5.23. The van der Waals surface area contributed by atoms with Crippen LogP contribution in [0.3, 0.4) is 0 Å². The number of hydrogen-bond donors (Lipinski definition) is 1. The monoisotopic (exact) mass is 247 g/mol. The van der Waals surface area contributed by atoms with Crippen LogP contribution < -0.4 is 10.5 Å². The van der Waals surface area contributed by atoms with Crippen LogP contribution in [0.2, 0.25) is 0 Å². The van der Waals surface area contributed by atoms with E-state index in [0.29, 0.717) is 5.92 Å². The predicted molar refractivity (Wildman–Crippen MR) is 76.0 cm³/mol. The van der Waals surface area contributed by atoms with E-state index in [1.54, 1.807) is 0 Å². The molecule has 0 aromatic heterocycles. The molecule has 1 aliphatic rings. The first-order valence-electron chi connectivity index (χ1n) is 7.28. The largest absolute Gasteiger partial charge is 0.494 e. The molecule has 1 aromatic rings. The molecule has 0 heterocycles. The van der Waals surface area contributed by atoms with Crippen molar-refractivity contribution in [3.8, 4) is 5.75 Å². The van der Waals surface area contributed by atoms with Crippen molar-refractivity contribution in [2.45, 2.75) is 44.9 Å². The summed E-state index contributed by atoms with van der Waals surface area (Å²) in [4.78, 5) is 0. The molecule has 18 heavy (non-hydrogen) atoms. The van der Waals surface area contributed by atoms with Gasteiger partial charge in [-0.1, -0.05) is 25.0 Å². The lowest BCUT2D eigenvalue weighted by Gasteiger charge is -2.23. The van der Waals surface area contributed by atoms with E-state index in [-0.39, 0.29) is 0 Å². The van der Waals surface area contributed by atoms with Gasteiger partial charge >= 0.3 is 0 Å². The minimum absolute atomic E-state index is 0.646. The van der Waals surface area contributed by atoms with Gasteiger partial charge in [-0.15, -0.1) is 0 Å². The average Bonchev–Trinajstić information content (AvgIpc) is 2.91. The van der Waals surface area contributed by atoms with Gasteiger partial charge in [-0.2, -0.15) is 0 Å². The second-order valence-electron chi connectivity index (χ2n) is 5.23. The fraction of sp³-hybridized carbons (Fsp3) is 0.625. The molecule has 2 nitrogen and oxygen atoms in total. The molecule has 0 aliphatic heterocycles. The fourth-order valence-corrected chi connectivity index (χ4v) is 3.19. The maximum Gasteiger partial charge on any atom is 0.119 e. The van der Waals surface area contributed by atoms with Crippen LogP contribution in [0, 0.1) is 5.92 Å². The summed E-state index contributed by atoms with van der Waals surface area (Å²) in [6, 6.07) is 8.64. The Morgan fingerprint density at radius 1 is 1.22 bits per heavy atom. The highest BCUT2D eigenvalue weighted by molar-refractivity contribution is 5.30. The third-order valence-electron chi connectivity index (χ3n) is 4.07. The molecule has 1 saturated carbocycles. The van der Waals surface area contributed by atoms with Gasteiger partial charge < -0.3 is 10.5 Å². The van der Waals surface area contributed by atoms with Crippen LogP contribution in [0.15, 0.2) is 24.3 Å². The summed E-state index contributed by atoms with van der Waals surface area (Å²) >= 11 is 0. The Kier molecular flexibility index (Phi) is 5.06. The first-order valence-corrected chi connectivity index (χ1v) is 7.28. The Bertz CT molecular complexity index is 341. The number of benzene rings is 1. The summed E-state index contributed by atoms with van der Waals surface area (Å²) in [5.41, 5.74) is 7.23. The average molecular weight is 247 g/mol. The van der Waals surface area contributed by atoms with E-state index in [9.17, 15) is 0 Å². The lowest BCUT2D eigenvalue weighted by Crippen LogP contribution is -2.14. The van der Waals surface area contributed by atoms with Gasteiger partial charge in [0.15, 0.2) is 0 Å². The van der Waals surface area contributed by atoms with E-state index < -0.39 is 0 Å². The SMILES string of the molecule is CCOc1ccc(C(CCN)C2CCCC2)cc1. The maximum absolute atomic E-state index is 5.79. The molecule has 0 saturated heterocycles. The normalized spacial score (nSPS) is 17.9. The zero-order valence-electron chi connectivity index (χ0n) is 11.4. The molecule has 1 atom stereocenters. The quantitative estimate of drug-likeness (QED) is 0.831. The molecular formula is C16H25NO. The van der Waals surface area contributed by atoms with Crippen LogP contribution in [-0.2, 0) is 0 Å². The lowest BCUT2D eigenvalue weighted by molar-refractivity contribution is 0.339. The summed E-state index contributed by atoms with van der Waals surface area (Å²) in [7, 11) is 0. The number of rotatable bonds is 6.